The van der Waals surface area contributed by atoms with Crippen molar-refractivity contribution in [2.24, 2.45) is 0 Å². The van der Waals surface area contributed by atoms with Gasteiger partial charge >= 0.3 is 0 Å². The minimum atomic E-state index is 0.312. The lowest BCUT2D eigenvalue weighted by Crippen LogP contribution is -2.12. The van der Waals surface area contributed by atoms with Crippen LogP contribution in [0.3, 0.4) is 0 Å². The molecule has 8 aromatic carbocycles. The minimum Gasteiger partial charge on any atom is -0.309 e. The number of para-hydroxylation sites is 2. The monoisotopic (exact) mass is 679 g/mol. The molecule has 0 bridgehead atoms. The molecule has 0 aliphatic heterocycles. The molecule has 0 aliphatic rings. The molecule has 1 nitrogen and oxygen atoms in total. The molecule has 2 atom stereocenters. The Labute approximate surface area is 312 Å². The van der Waals surface area contributed by atoms with Crippen LogP contribution in [0.5, 0.6) is 0 Å². The fourth-order valence-electron chi connectivity index (χ4n) is 8.07. The Kier molecular flexibility index (Phi) is 8.75. The van der Waals surface area contributed by atoms with Crippen LogP contribution in [0.25, 0.3) is 60.9 Å². The van der Waals surface area contributed by atoms with Gasteiger partial charge in [0.05, 0.1) is 11.0 Å². The minimum absolute atomic E-state index is 0.312. The summed E-state index contributed by atoms with van der Waals surface area (Å²) in [6, 6.07) is 75.4. The Hall–Kier alpha value is -6.44. The smallest absolute Gasteiger partial charge is 0.0541 e. The van der Waals surface area contributed by atoms with E-state index in [4.69, 9.17) is 0 Å². The molecule has 1 aromatic heterocycles. The molecule has 1 heterocycles. The van der Waals surface area contributed by atoms with Crippen molar-refractivity contribution < 1.29 is 0 Å². The third kappa shape index (κ3) is 6.47. The van der Waals surface area contributed by atoms with Gasteiger partial charge in [0, 0.05) is 16.5 Å². The molecule has 0 saturated carbocycles. The van der Waals surface area contributed by atoms with E-state index in [0.717, 1.165) is 6.42 Å². The quantitative estimate of drug-likeness (QED) is 0.143. The fraction of sp³-hybridized carbons (Fsp3) is 0.0769. The first kappa shape index (κ1) is 32.5. The van der Waals surface area contributed by atoms with Gasteiger partial charge in [-0.25, -0.2) is 0 Å². The van der Waals surface area contributed by atoms with E-state index in [1.807, 2.05) is 0 Å². The van der Waals surface area contributed by atoms with Crippen molar-refractivity contribution in [2.45, 2.75) is 25.2 Å². The van der Waals surface area contributed by atoms with Crippen molar-refractivity contribution in [1.82, 2.24) is 4.57 Å². The van der Waals surface area contributed by atoms with Gasteiger partial charge in [-0.3, -0.25) is 0 Å². The standard InChI is InChI=1S/C52H41N/c1-37(39-25-27-44(28-26-39)46-33-34-52-50(36-46)48-19-11-12-20-51(48)53(52)47-17-9-4-10-18-47)49(45-31-29-43(30-32-45)41-15-7-3-8-16-41)35-38-21-23-42(24-22-38)40-13-5-2-6-14-40/h2-34,36-37,49H,35H2,1H3. The maximum atomic E-state index is 2.40. The van der Waals surface area contributed by atoms with E-state index in [-0.39, 0.29) is 0 Å². The highest BCUT2D eigenvalue weighted by Crippen LogP contribution is 2.39. The van der Waals surface area contributed by atoms with Gasteiger partial charge < -0.3 is 4.57 Å². The van der Waals surface area contributed by atoms with E-state index in [0.29, 0.717) is 11.8 Å². The molecule has 9 rings (SSSR count). The molecule has 254 valence electrons. The van der Waals surface area contributed by atoms with E-state index in [2.05, 4.69) is 218 Å². The van der Waals surface area contributed by atoms with E-state index in [9.17, 15) is 0 Å². The van der Waals surface area contributed by atoms with Crippen LogP contribution in [0.2, 0.25) is 0 Å². The Bertz CT molecular complexity index is 2600. The van der Waals surface area contributed by atoms with Crippen molar-refractivity contribution in [3.05, 3.63) is 223 Å². The molecule has 0 spiro atoms. The highest BCUT2D eigenvalue weighted by Gasteiger charge is 2.22. The van der Waals surface area contributed by atoms with Gasteiger partial charge in [0.2, 0.25) is 0 Å². The molecule has 0 aliphatic carbocycles. The molecular formula is C52H41N. The zero-order chi connectivity index (χ0) is 35.6. The number of rotatable bonds is 9. The molecule has 2 unspecified atom stereocenters. The number of benzene rings is 8. The zero-order valence-electron chi connectivity index (χ0n) is 29.9. The van der Waals surface area contributed by atoms with Crippen LogP contribution in [-0.4, -0.2) is 4.57 Å². The molecule has 1 heteroatoms. The van der Waals surface area contributed by atoms with Crippen molar-refractivity contribution in [3.8, 4) is 39.1 Å². The largest absolute Gasteiger partial charge is 0.309 e. The maximum Gasteiger partial charge on any atom is 0.0541 e. The Morgan fingerprint density at radius 2 is 0.830 bits per heavy atom. The number of nitrogens with zero attached hydrogens (tertiary/aromatic N) is 1. The van der Waals surface area contributed by atoms with Gasteiger partial charge in [-0.1, -0.05) is 183 Å². The molecular weight excluding hydrogens is 639 g/mol. The number of hydrogen-bond donors (Lipinski definition) is 0. The van der Waals surface area contributed by atoms with E-state index in [1.54, 1.807) is 0 Å². The summed E-state index contributed by atoms with van der Waals surface area (Å²) in [5, 5.41) is 2.55. The summed E-state index contributed by atoms with van der Waals surface area (Å²) in [4.78, 5) is 0. The topological polar surface area (TPSA) is 4.93 Å². The Balaban J connectivity index is 1.03. The molecule has 53 heavy (non-hydrogen) atoms. The van der Waals surface area contributed by atoms with Gasteiger partial charge in [-0.15, -0.1) is 0 Å². The fourth-order valence-corrected chi connectivity index (χ4v) is 8.07. The van der Waals surface area contributed by atoms with Crippen molar-refractivity contribution in [1.29, 1.82) is 0 Å². The second-order valence-electron chi connectivity index (χ2n) is 14.2. The highest BCUT2D eigenvalue weighted by atomic mass is 15.0. The molecule has 0 fully saturated rings. The Morgan fingerprint density at radius 3 is 1.45 bits per heavy atom. The van der Waals surface area contributed by atoms with E-state index < -0.39 is 0 Å². The van der Waals surface area contributed by atoms with Gasteiger partial charge in [-0.05, 0) is 98.7 Å². The SMILES string of the molecule is CC(c1ccc(-c2ccc3c(c2)c2ccccc2n3-c2ccccc2)cc1)C(Cc1ccc(-c2ccccc2)cc1)c1ccc(-c2ccccc2)cc1. The summed E-state index contributed by atoms with van der Waals surface area (Å²) < 4.78 is 2.38. The lowest BCUT2D eigenvalue weighted by molar-refractivity contribution is 0.572. The summed E-state index contributed by atoms with van der Waals surface area (Å²) >= 11 is 0. The summed E-state index contributed by atoms with van der Waals surface area (Å²) in [6.45, 7) is 2.40. The number of hydrogen-bond acceptors (Lipinski definition) is 0. The molecule has 9 aromatic rings. The van der Waals surface area contributed by atoms with Gasteiger partial charge in [0.1, 0.15) is 0 Å². The summed E-state index contributed by atoms with van der Waals surface area (Å²) in [5.74, 6) is 0.625. The summed E-state index contributed by atoms with van der Waals surface area (Å²) in [5.41, 5.74) is 15.2. The summed E-state index contributed by atoms with van der Waals surface area (Å²) in [7, 11) is 0. The Morgan fingerprint density at radius 1 is 0.377 bits per heavy atom. The number of aromatic nitrogens is 1. The first-order chi connectivity index (χ1) is 26.2. The van der Waals surface area contributed by atoms with E-state index in [1.165, 1.54) is 77.6 Å². The van der Waals surface area contributed by atoms with Crippen LogP contribution in [0.15, 0.2) is 206 Å². The third-order valence-electron chi connectivity index (χ3n) is 11.0. The molecule has 0 radical (unpaired) electrons. The maximum absolute atomic E-state index is 2.40. The highest BCUT2D eigenvalue weighted by molar-refractivity contribution is 6.10. The summed E-state index contributed by atoms with van der Waals surface area (Å²) in [6.07, 6.45) is 0.963. The van der Waals surface area contributed by atoms with Crippen molar-refractivity contribution in [2.75, 3.05) is 0 Å². The van der Waals surface area contributed by atoms with E-state index >= 15 is 0 Å². The van der Waals surface area contributed by atoms with Gasteiger partial charge in [0.25, 0.3) is 0 Å². The van der Waals surface area contributed by atoms with Crippen LogP contribution in [-0.2, 0) is 6.42 Å². The first-order valence-corrected chi connectivity index (χ1v) is 18.7. The molecule has 0 saturated heterocycles. The average molecular weight is 680 g/mol. The van der Waals surface area contributed by atoms with Crippen LogP contribution in [0.4, 0.5) is 0 Å². The van der Waals surface area contributed by atoms with Crippen LogP contribution in [0, 0.1) is 0 Å². The molecule has 0 amide bonds. The van der Waals surface area contributed by atoms with Gasteiger partial charge in [0.15, 0.2) is 0 Å². The van der Waals surface area contributed by atoms with Crippen LogP contribution in [0.1, 0.15) is 35.4 Å². The van der Waals surface area contributed by atoms with Gasteiger partial charge in [-0.2, -0.15) is 0 Å². The predicted molar refractivity (Wildman–Crippen MR) is 225 cm³/mol. The van der Waals surface area contributed by atoms with Crippen molar-refractivity contribution >= 4 is 21.8 Å². The van der Waals surface area contributed by atoms with Crippen LogP contribution >= 0.6 is 0 Å². The lowest BCUT2D eigenvalue weighted by Gasteiger charge is -2.26. The lowest BCUT2D eigenvalue weighted by atomic mass is 9.78. The van der Waals surface area contributed by atoms with Crippen molar-refractivity contribution in [3.63, 3.8) is 0 Å². The first-order valence-electron chi connectivity index (χ1n) is 18.7. The second kappa shape index (κ2) is 14.3. The zero-order valence-corrected chi connectivity index (χ0v) is 29.9. The third-order valence-corrected chi connectivity index (χ3v) is 11.0. The number of fused-ring (bicyclic) bond motifs is 3. The predicted octanol–water partition coefficient (Wildman–Crippen LogP) is 13.9. The molecule has 0 N–H and O–H groups in total. The van der Waals surface area contributed by atoms with Crippen LogP contribution < -0.4 is 0 Å². The normalized spacial score (nSPS) is 12.5. The second-order valence-corrected chi connectivity index (χ2v) is 14.2. The average Bonchev–Trinajstić information content (AvgIpc) is 3.57.